The summed E-state index contributed by atoms with van der Waals surface area (Å²) in [6.07, 6.45) is 97.5. The SMILES string of the molecule is CC/C=C\C/C=C\C/C=C\C/C=C\C/C=C\CCCCCCCCCCCC(=O)NC(COP(=O)([O-])OCC[N+](C)(C)C)C(/C=C/CCCCCCCCCCCCC)OC(=O)CCCCCCCCCCCCC/C=C\C/C=C\C/C=C\C/C=C\CCCCC. The maximum atomic E-state index is 13.6. The van der Waals surface area contributed by atoms with Crippen LogP contribution in [0.15, 0.2) is 122 Å². The van der Waals surface area contributed by atoms with Gasteiger partial charge in [0.05, 0.1) is 33.8 Å². The van der Waals surface area contributed by atoms with Gasteiger partial charge in [0.2, 0.25) is 5.91 Å². The minimum absolute atomic E-state index is 0.0291. The number of hydrogen-bond donors (Lipinski definition) is 1. The first kappa shape index (κ1) is 87.4. The number of phosphoric ester groups is 1. The molecule has 0 aromatic rings. The molecule has 0 aliphatic carbocycles. The smallest absolute Gasteiger partial charge is 0.306 e. The van der Waals surface area contributed by atoms with Crippen molar-refractivity contribution in [1.82, 2.24) is 5.32 Å². The number of quaternary nitrogens is 1. The molecule has 0 aliphatic heterocycles. The van der Waals surface area contributed by atoms with Gasteiger partial charge in [-0.05, 0) is 122 Å². The summed E-state index contributed by atoms with van der Waals surface area (Å²) in [7, 11) is 1.17. The lowest BCUT2D eigenvalue weighted by Gasteiger charge is -2.30. The number of likely N-dealkylation sites (N-methyl/N-ethyl adjacent to an activating group) is 1. The van der Waals surface area contributed by atoms with E-state index in [0.29, 0.717) is 17.4 Å². The second-order valence-corrected chi connectivity index (χ2v) is 27.8. The minimum atomic E-state index is -4.72. The number of carbonyl (C=O) groups excluding carboxylic acids is 2. The molecular weight excluding hydrogens is 1140 g/mol. The largest absolute Gasteiger partial charge is 0.756 e. The molecule has 0 spiro atoms. The van der Waals surface area contributed by atoms with Crippen molar-refractivity contribution in [1.29, 1.82) is 0 Å². The molecule has 0 radical (unpaired) electrons. The molecule has 0 fully saturated rings. The van der Waals surface area contributed by atoms with Crippen LogP contribution in [0.5, 0.6) is 0 Å². The Hall–Kier alpha value is -3.59. The second kappa shape index (κ2) is 69.2. The average molecular weight is 1290 g/mol. The normalized spacial score (nSPS) is 14.1. The Morgan fingerprint density at radius 2 is 0.703 bits per heavy atom. The highest BCUT2D eigenvalue weighted by atomic mass is 31.2. The predicted octanol–water partition coefficient (Wildman–Crippen LogP) is 23.9. The van der Waals surface area contributed by atoms with Gasteiger partial charge in [0.25, 0.3) is 7.82 Å². The number of phosphoric acid groups is 1. The highest BCUT2D eigenvalue weighted by Crippen LogP contribution is 2.38. The molecule has 1 amide bonds. The number of ether oxygens (including phenoxy) is 1. The molecule has 0 bridgehead atoms. The molecule has 10 heteroatoms. The molecule has 1 N–H and O–H groups in total. The number of rotatable bonds is 68. The first-order valence-electron chi connectivity index (χ1n) is 37.8. The van der Waals surface area contributed by atoms with Gasteiger partial charge < -0.3 is 28.5 Å². The van der Waals surface area contributed by atoms with E-state index in [9.17, 15) is 19.0 Å². The van der Waals surface area contributed by atoms with Crippen molar-refractivity contribution in [2.75, 3.05) is 40.9 Å². The van der Waals surface area contributed by atoms with Gasteiger partial charge in [0.1, 0.15) is 19.3 Å². The van der Waals surface area contributed by atoms with E-state index in [2.05, 4.69) is 135 Å². The van der Waals surface area contributed by atoms with Gasteiger partial charge >= 0.3 is 5.97 Å². The van der Waals surface area contributed by atoms with E-state index >= 15 is 0 Å². The van der Waals surface area contributed by atoms with Crippen LogP contribution < -0.4 is 10.2 Å². The molecule has 0 aliphatic rings. The fourth-order valence-corrected chi connectivity index (χ4v) is 11.3. The fraction of sp³-hybridized carbons (Fsp3) is 0.728. The lowest BCUT2D eigenvalue weighted by molar-refractivity contribution is -0.870. The van der Waals surface area contributed by atoms with Crippen LogP contribution >= 0.6 is 7.82 Å². The monoisotopic (exact) mass is 1290 g/mol. The molecule has 91 heavy (non-hydrogen) atoms. The summed E-state index contributed by atoms with van der Waals surface area (Å²) >= 11 is 0. The third-order valence-electron chi connectivity index (χ3n) is 16.4. The van der Waals surface area contributed by atoms with Gasteiger partial charge in [-0.2, -0.15) is 0 Å². The Morgan fingerprint density at radius 3 is 1.08 bits per heavy atom. The quantitative estimate of drug-likeness (QED) is 0.0212. The molecule has 0 aromatic heterocycles. The highest BCUT2D eigenvalue weighted by Gasteiger charge is 2.27. The van der Waals surface area contributed by atoms with Crippen LogP contribution in [0.2, 0.25) is 0 Å². The van der Waals surface area contributed by atoms with E-state index in [0.717, 1.165) is 128 Å². The molecule has 0 rings (SSSR count). The Balaban J connectivity index is 5.07. The van der Waals surface area contributed by atoms with Crippen LogP contribution in [0.25, 0.3) is 0 Å². The van der Waals surface area contributed by atoms with Crippen molar-refractivity contribution in [3.05, 3.63) is 122 Å². The lowest BCUT2D eigenvalue weighted by Crippen LogP contribution is -2.47. The summed E-state index contributed by atoms with van der Waals surface area (Å²) in [5.41, 5.74) is 0. The maximum Gasteiger partial charge on any atom is 0.306 e. The predicted molar refractivity (Wildman–Crippen MR) is 394 cm³/mol. The third kappa shape index (κ3) is 70.6. The van der Waals surface area contributed by atoms with E-state index in [4.69, 9.17) is 13.8 Å². The number of amides is 1. The molecule has 0 saturated carbocycles. The highest BCUT2D eigenvalue weighted by molar-refractivity contribution is 7.45. The molecule has 3 unspecified atom stereocenters. The van der Waals surface area contributed by atoms with Gasteiger partial charge in [0, 0.05) is 12.8 Å². The van der Waals surface area contributed by atoms with Crippen molar-refractivity contribution in [2.45, 2.75) is 341 Å². The van der Waals surface area contributed by atoms with Gasteiger partial charge in [-0.25, -0.2) is 0 Å². The number of nitrogens with one attached hydrogen (secondary N) is 1. The minimum Gasteiger partial charge on any atom is -0.756 e. The Labute approximate surface area is 563 Å². The summed E-state index contributed by atoms with van der Waals surface area (Å²) in [6, 6.07) is -0.902. The molecule has 0 aromatic carbocycles. The number of unbranched alkanes of at least 4 members (excludes halogenated alkanes) is 34. The van der Waals surface area contributed by atoms with Gasteiger partial charge in [-0.1, -0.05) is 316 Å². The van der Waals surface area contributed by atoms with Crippen molar-refractivity contribution >= 4 is 19.7 Å². The summed E-state index contributed by atoms with van der Waals surface area (Å²) < 4.78 is 30.5. The van der Waals surface area contributed by atoms with E-state index in [1.807, 2.05) is 33.3 Å². The van der Waals surface area contributed by atoms with Gasteiger partial charge in [-0.15, -0.1) is 0 Å². The number of nitrogens with zero attached hydrogens (tertiary/aromatic N) is 1. The summed E-state index contributed by atoms with van der Waals surface area (Å²) in [5, 5.41) is 3.05. The molecule has 3 atom stereocenters. The number of hydrogen-bond acceptors (Lipinski definition) is 7. The van der Waals surface area contributed by atoms with Gasteiger partial charge in [0.15, 0.2) is 0 Å². The number of esters is 1. The molecule has 0 saturated heterocycles. The van der Waals surface area contributed by atoms with E-state index in [1.165, 1.54) is 167 Å². The lowest BCUT2D eigenvalue weighted by atomic mass is 10.0. The molecular formula is C81H143N2O7P. The second-order valence-electron chi connectivity index (χ2n) is 26.4. The number of allylic oxidation sites excluding steroid dienone is 19. The van der Waals surface area contributed by atoms with E-state index in [1.54, 1.807) is 0 Å². The van der Waals surface area contributed by atoms with Crippen LogP contribution in [0.4, 0.5) is 0 Å². The van der Waals surface area contributed by atoms with Crippen LogP contribution in [0.3, 0.4) is 0 Å². The van der Waals surface area contributed by atoms with Gasteiger partial charge in [-0.3, -0.25) is 14.2 Å². The zero-order valence-electron chi connectivity index (χ0n) is 60.0. The van der Waals surface area contributed by atoms with Crippen molar-refractivity contribution in [3.63, 3.8) is 0 Å². The van der Waals surface area contributed by atoms with Crippen LogP contribution in [-0.2, 0) is 27.9 Å². The maximum absolute atomic E-state index is 13.6. The Morgan fingerprint density at radius 1 is 0.396 bits per heavy atom. The summed E-state index contributed by atoms with van der Waals surface area (Å²) in [6.45, 7) is 6.72. The van der Waals surface area contributed by atoms with Crippen molar-refractivity contribution < 1.29 is 37.3 Å². The van der Waals surface area contributed by atoms with E-state index < -0.39 is 26.6 Å². The first-order valence-corrected chi connectivity index (χ1v) is 39.3. The summed E-state index contributed by atoms with van der Waals surface area (Å²) in [4.78, 5) is 40.3. The van der Waals surface area contributed by atoms with Crippen molar-refractivity contribution in [3.8, 4) is 0 Å². The number of carbonyl (C=O) groups is 2. The Bertz CT molecular complexity index is 1970. The van der Waals surface area contributed by atoms with Crippen molar-refractivity contribution in [2.24, 2.45) is 0 Å². The van der Waals surface area contributed by atoms with E-state index in [-0.39, 0.29) is 24.9 Å². The fourth-order valence-electron chi connectivity index (χ4n) is 10.6. The van der Waals surface area contributed by atoms with Crippen LogP contribution in [0.1, 0.15) is 329 Å². The topological polar surface area (TPSA) is 114 Å². The first-order chi connectivity index (χ1) is 44.4. The third-order valence-corrected chi connectivity index (χ3v) is 17.3. The van der Waals surface area contributed by atoms with Crippen LogP contribution in [-0.4, -0.2) is 69.4 Å². The molecule has 524 valence electrons. The zero-order valence-corrected chi connectivity index (χ0v) is 60.9. The van der Waals surface area contributed by atoms with Crippen LogP contribution in [0, 0.1) is 0 Å². The Kier molecular flexibility index (Phi) is 66.5. The average Bonchev–Trinajstić information content (AvgIpc) is 3.73. The zero-order chi connectivity index (χ0) is 66.3. The standard InChI is InChI=1S/C81H143N2O7P/c1-7-10-13-16-19-22-25-28-30-32-34-36-38-40-41-43-45-47-49-51-53-56-59-62-65-68-71-74-81(85)90-79(72-69-66-63-60-57-54-27-24-21-18-15-12-9-3)78(77-89-91(86,87)88-76-75-83(4,5)6)82-80(84)73-70-67-64-61-58-55-52-50-48-46-44-42-39-37-35-33-31-29-26-23-20-17-14-11-8-2/h11,14,19-20,22-23,28-31,34-37,40-42,44,69,72,78-79H,7-10,12-13,15-18,21,24-27,32-33,38-39,43,45-68,70-71,73-77H2,1-6H3,(H-,82,84,86,87)/b14-11-,22-19-,23-20-,30-28-,31-29-,36-34-,37-35-,41-40-,44-42-,72-69+. The molecule has 0 heterocycles. The molecule has 9 nitrogen and oxygen atoms in total. The summed E-state index contributed by atoms with van der Waals surface area (Å²) in [5.74, 6) is -0.549.